The maximum Gasteiger partial charge on any atom is 0.337 e. The molecule has 3 aliphatic heterocycles. The van der Waals surface area contributed by atoms with Crippen molar-refractivity contribution in [2.75, 3.05) is 6.61 Å². The summed E-state index contributed by atoms with van der Waals surface area (Å²) in [5.41, 5.74) is 1.05. The Balaban J connectivity index is 1.11. The molecule has 3 fully saturated rings. The highest BCUT2D eigenvalue weighted by atomic mass is 16.7. The fraction of sp³-hybridized carbons (Fsp3) is 0.576. The molecule has 254 valence electrons. The van der Waals surface area contributed by atoms with Crippen molar-refractivity contribution in [3.05, 3.63) is 54.3 Å². The molecule has 47 heavy (non-hydrogen) atoms. The first-order valence-corrected chi connectivity index (χ1v) is 15.9. The zero-order chi connectivity index (χ0) is 33.7. The molecule has 3 saturated heterocycles. The van der Waals surface area contributed by atoms with Crippen molar-refractivity contribution in [3.8, 4) is 0 Å². The van der Waals surface area contributed by atoms with E-state index in [-0.39, 0.29) is 36.5 Å². The van der Waals surface area contributed by atoms with Crippen molar-refractivity contribution in [2.45, 2.75) is 109 Å². The number of aliphatic hydroxyl groups is 1. The van der Waals surface area contributed by atoms with E-state index >= 15 is 0 Å². The van der Waals surface area contributed by atoms with Crippen LogP contribution in [0.25, 0.3) is 11.2 Å². The predicted octanol–water partition coefficient (Wildman–Crippen LogP) is 2.16. The molecular formula is C33H43N5O9. The van der Waals surface area contributed by atoms with E-state index in [2.05, 4.69) is 33.6 Å². The van der Waals surface area contributed by atoms with Crippen LogP contribution in [-0.4, -0.2) is 98.0 Å². The second-order valence-corrected chi connectivity index (χ2v) is 12.6. The summed E-state index contributed by atoms with van der Waals surface area (Å²) in [4.78, 5) is 46.7. The first-order chi connectivity index (χ1) is 22.4. The normalized spacial score (nSPS) is 31.7. The number of hydrogen-bond acceptors (Lipinski definition) is 12. The average molecular weight is 654 g/mol. The van der Waals surface area contributed by atoms with E-state index in [4.69, 9.17) is 23.8 Å². The number of allylic oxidation sites excluding steroid dienone is 2. The molecule has 5 rings (SSSR count). The monoisotopic (exact) mass is 653 g/mol. The lowest BCUT2D eigenvalue weighted by Crippen LogP contribution is -2.50. The highest BCUT2D eigenvalue weighted by Gasteiger charge is 2.58. The number of aliphatic hydroxyl groups excluding tert-OH is 1. The van der Waals surface area contributed by atoms with Gasteiger partial charge in [0.15, 0.2) is 0 Å². The van der Waals surface area contributed by atoms with Gasteiger partial charge in [0.1, 0.15) is 29.4 Å². The predicted molar refractivity (Wildman–Crippen MR) is 167 cm³/mol. The molecule has 9 unspecified atom stereocenters. The minimum atomic E-state index is -0.878. The van der Waals surface area contributed by atoms with Gasteiger partial charge >= 0.3 is 11.9 Å². The number of nitrogens with zero attached hydrogens (tertiary/aromatic N) is 4. The summed E-state index contributed by atoms with van der Waals surface area (Å²) in [6.45, 7) is 9.41. The smallest absolute Gasteiger partial charge is 0.337 e. The second kappa shape index (κ2) is 14.8. The molecule has 2 aromatic rings. The third-order valence-corrected chi connectivity index (χ3v) is 8.69. The van der Waals surface area contributed by atoms with Gasteiger partial charge in [0.2, 0.25) is 11.6 Å². The molecule has 14 heteroatoms. The fourth-order valence-electron chi connectivity index (χ4n) is 6.01. The van der Waals surface area contributed by atoms with Crippen LogP contribution in [0.2, 0.25) is 0 Å². The average Bonchev–Trinajstić information content (AvgIpc) is 3.68. The number of nitrogens with one attached hydrogen (secondary N) is 1. The van der Waals surface area contributed by atoms with Crippen LogP contribution in [0.4, 0.5) is 0 Å². The Morgan fingerprint density at radius 1 is 1.23 bits per heavy atom. The van der Waals surface area contributed by atoms with E-state index in [0.29, 0.717) is 30.6 Å². The molecule has 0 aliphatic carbocycles. The molecule has 1 amide bonds. The van der Waals surface area contributed by atoms with Crippen LogP contribution in [0.3, 0.4) is 0 Å². The van der Waals surface area contributed by atoms with Gasteiger partial charge < -0.3 is 34.2 Å². The maximum atomic E-state index is 12.8. The Kier molecular flexibility index (Phi) is 10.8. The molecule has 14 nitrogen and oxygen atoms in total. The van der Waals surface area contributed by atoms with E-state index in [1.807, 2.05) is 19.9 Å². The quantitative estimate of drug-likeness (QED) is 0.119. The van der Waals surface area contributed by atoms with Gasteiger partial charge in [0.05, 0.1) is 37.4 Å². The van der Waals surface area contributed by atoms with Crippen LogP contribution in [0.15, 0.2) is 54.3 Å². The number of rotatable bonds is 11. The van der Waals surface area contributed by atoms with Crippen molar-refractivity contribution in [1.29, 1.82) is 0 Å². The van der Waals surface area contributed by atoms with Crippen LogP contribution in [0.5, 0.6) is 0 Å². The van der Waals surface area contributed by atoms with E-state index in [1.165, 1.54) is 13.0 Å². The van der Waals surface area contributed by atoms with E-state index in [9.17, 15) is 19.5 Å². The summed E-state index contributed by atoms with van der Waals surface area (Å²) in [5.74, 6) is -1.04. The van der Waals surface area contributed by atoms with Crippen molar-refractivity contribution in [2.24, 2.45) is 5.92 Å². The van der Waals surface area contributed by atoms with Gasteiger partial charge in [-0.25, -0.2) is 9.78 Å². The number of ether oxygens (including phenoxy) is 4. The number of pyridine rings is 1. The van der Waals surface area contributed by atoms with Gasteiger partial charge in [0.25, 0.3) is 0 Å². The Morgan fingerprint density at radius 3 is 2.77 bits per heavy atom. The van der Waals surface area contributed by atoms with Gasteiger partial charge in [0, 0.05) is 25.6 Å². The lowest BCUT2D eigenvalue weighted by atomic mass is 9.87. The molecule has 1 spiro atoms. The lowest BCUT2D eigenvalue weighted by molar-refractivity contribution is -0.161. The van der Waals surface area contributed by atoms with E-state index < -0.39 is 42.0 Å². The minimum absolute atomic E-state index is 0.0339. The van der Waals surface area contributed by atoms with Gasteiger partial charge in [-0.15, -0.1) is 5.10 Å². The van der Waals surface area contributed by atoms with Gasteiger partial charge in [-0.1, -0.05) is 30.7 Å². The molecule has 3 aliphatic rings. The van der Waals surface area contributed by atoms with Crippen LogP contribution in [0.1, 0.15) is 60.3 Å². The summed E-state index contributed by atoms with van der Waals surface area (Å²) >= 11 is 0. The molecule has 0 aromatic carbocycles. The molecule has 0 radical (unpaired) electrons. The minimum Gasteiger partial charge on any atom is -0.459 e. The van der Waals surface area contributed by atoms with Crippen molar-refractivity contribution in [3.63, 3.8) is 0 Å². The summed E-state index contributed by atoms with van der Waals surface area (Å²) in [5, 5.41) is 21.8. The SMILES string of the molecule is CC(=O)OC(C)C=CC(=O)NC1CC(C)C(CC=C(C)C=CC2OC(CC(=O)On3nnc4cccnc43)CC3(CO3)C2O)OC1C. The zero-order valence-electron chi connectivity index (χ0n) is 27.3. The fourth-order valence-corrected chi connectivity index (χ4v) is 6.01. The maximum absolute atomic E-state index is 12.8. The largest absolute Gasteiger partial charge is 0.459 e. The van der Waals surface area contributed by atoms with Crippen LogP contribution < -0.4 is 10.2 Å². The molecule has 9 atom stereocenters. The van der Waals surface area contributed by atoms with Crippen LogP contribution in [0, 0.1) is 5.92 Å². The molecule has 0 bridgehead atoms. The second-order valence-electron chi connectivity index (χ2n) is 12.6. The molecular weight excluding hydrogens is 610 g/mol. The summed E-state index contributed by atoms with van der Waals surface area (Å²) in [6.07, 6.45) is 9.16. The van der Waals surface area contributed by atoms with Crippen molar-refractivity contribution < 1.29 is 43.3 Å². The number of esters is 1. The summed E-state index contributed by atoms with van der Waals surface area (Å²) in [7, 11) is 0. The molecule has 2 N–H and O–H groups in total. The number of carbonyl (C=O) groups excluding carboxylic acids is 3. The van der Waals surface area contributed by atoms with Gasteiger partial charge in [-0.2, -0.15) is 0 Å². The van der Waals surface area contributed by atoms with Crippen LogP contribution >= 0.6 is 0 Å². The van der Waals surface area contributed by atoms with E-state index in [0.717, 1.165) is 16.8 Å². The molecule has 2 aromatic heterocycles. The Morgan fingerprint density at radius 2 is 2.02 bits per heavy atom. The highest BCUT2D eigenvalue weighted by Crippen LogP contribution is 2.43. The number of hydrogen-bond donors (Lipinski definition) is 2. The standard InChI is InChI=1S/C33H43N5O9/c1-19(8-11-27-20(2)15-26(22(4)45-27)35-29(40)13-10-21(3)44-23(5)39)9-12-28-31(42)33(18-43-33)17-24(46-28)16-30(41)47-38-32-25(36-37-38)7-6-14-34-32/h6-10,12-14,20-22,24,26-28,31,42H,11,15-18H2,1-5H3,(H,35,40). The summed E-state index contributed by atoms with van der Waals surface area (Å²) in [6, 6.07) is 3.28. The van der Waals surface area contributed by atoms with Gasteiger partial charge in [-0.05, 0) is 67.8 Å². The van der Waals surface area contributed by atoms with Crippen molar-refractivity contribution in [1.82, 2.24) is 25.5 Å². The van der Waals surface area contributed by atoms with E-state index in [1.54, 1.807) is 37.4 Å². The topological polar surface area (TPSA) is 177 Å². The number of amides is 1. The Hall–Kier alpha value is -3.98. The number of fused-ring (bicyclic) bond motifs is 1. The third-order valence-electron chi connectivity index (χ3n) is 8.69. The first-order valence-electron chi connectivity index (χ1n) is 15.9. The zero-order valence-corrected chi connectivity index (χ0v) is 27.3. The lowest BCUT2D eigenvalue weighted by Gasteiger charge is -2.39. The Labute approximate surface area is 273 Å². The number of aromatic nitrogens is 4. The molecule has 5 heterocycles. The van der Waals surface area contributed by atoms with Crippen molar-refractivity contribution >= 4 is 29.0 Å². The Bertz CT molecular complexity index is 1530. The first kappa shape index (κ1) is 34.4. The van der Waals surface area contributed by atoms with Crippen LogP contribution in [-0.2, 0) is 33.3 Å². The number of epoxide rings is 1. The summed E-state index contributed by atoms with van der Waals surface area (Å²) < 4.78 is 23.1. The highest BCUT2D eigenvalue weighted by molar-refractivity contribution is 5.87. The number of carbonyl (C=O) groups is 3. The third kappa shape index (κ3) is 8.89. The molecule has 0 saturated carbocycles. The van der Waals surface area contributed by atoms with Gasteiger partial charge in [-0.3, -0.25) is 9.59 Å².